The molecule has 1 saturated heterocycles. The van der Waals surface area contributed by atoms with E-state index in [4.69, 9.17) is 0 Å². The predicted octanol–water partition coefficient (Wildman–Crippen LogP) is 2.55. The fourth-order valence-electron chi connectivity index (χ4n) is 2.98. The zero-order valence-electron chi connectivity index (χ0n) is 8.97. The molecule has 3 rings (SSSR count). The van der Waals surface area contributed by atoms with Crippen molar-refractivity contribution in [3.63, 3.8) is 0 Å². The lowest BCUT2D eigenvalue weighted by Crippen LogP contribution is -2.23. The van der Waals surface area contributed by atoms with Gasteiger partial charge in [0.15, 0.2) is 0 Å². The summed E-state index contributed by atoms with van der Waals surface area (Å²) in [6.07, 6.45) is 2.15. The van der Waals surface area contributed by atoms with Crippen molar-refractivity contribution in [3.8, 4) is 0 Å². The topological polar surface area (TPSA) is 3.24 Å². The molecule has 2 fully saturated rings. The van der Waals surface area contributed by atoms with E-state index in [1.165, 1.54) is 18.7 Å². The first-order chi connectivity index (χ1) is 7.38. The molecular weight excluding hydrogens is 182 g/mol. The second-order valence-corrected chi connectivity index (χ2v) is 4.82. The number of hydrogen-bond donors (Lipinski definition) is 0. The quantitative estimate of drug-likeness (QED) is 0.676. The number of benzene rings is 1. The molecule has 1 heterocycles. The highest BCUT2D eigenvalue weighted by Gasteiger charge is 2.53. The van der Waals surface area contributed by atoms with Gasteiger partial charge in [-0.25, -0.2) is 0 Å². The van der Waals surface area contributed by atoms with Gasteiger partial charge in [-0.3, -0.25) is 4.90 Å². The summed E-state index contributed by atoms with van der Waals surface area (Å²) in [4.78, 5) is 2.57. The van der Waals surface area contributed by atoms with E-state index in [2.05, 4.69) is 47.9 Å². The highest BCUT2D eigenvalue weighted by molar-refractivity contribution is 5.17. The molecule has 0 bridgehead atoms. The van der Waals surface area contributed by atoms with Crippen molar-refractivity contribution in [2.45, 2.75) is 6.54 Å². The van der Waals surface area contributed by atoms with Crippen LogP contribution in [0.15, 0.2) is 43.0 Å². The first-order valence-corrected chi connectivity index (χ1v) is 5.77. The number of likely N-dealkylation sites (tertiary alicyclic amines) is 1. The Morgan fingerprint density at radius 1 is 1.20 bits per heavy atom. The van der Waals surface area contributed by atoms with Crippen LogP contribution in [0.5, 0.6) is 0 Å². The third kappa shape index (κ3) is 1.61. The number of allylic oxidation sites excluding steroid dienone is 1. The van der Waals surface area contributed by atoms with Crippen LogP contribution in [0.2, 0.25) is 0 Å². The molecule has 1 aliphatic carbocycles. The van der Waals surface area contributed by atoms with Gasteiger partial charge >= 0.3 is 0 Å². The number of rotatable bonds is 3. The van der Waals surface area contributed by atoms with E-state index < -0.39 is 0 Å². The average molecular weight is 199 g/mol. The van der Waals surface area contributed by atoms with Crippen LogP contribution in [-0.2, 0) is 6.54 Å². The molecule has 0 spiro atoms. The van der Waals surface area contributed by atoms with E-state index >= 15 is 0 Å². The van der Waals surface area contributed by atoms with Crippen molar-refractivity contribution >= 4 is 0 Å². The van der Waals surface area contributed by atoms with Gasteiger partial charge in [0.1, 0.15) is 0 Å². The maximum atomic E-state index is 3.90. The van der Waals surface area contributed by atoms with Crippen molar-refractivity contribution in [1.82, 2.24) is 4.90 Å². The lowest BCUT2D eigenvalue weighted by molar-refractivity contribution is 0.286. The van der Waals surface area contributed by atoms with Crippen molar-refractivity contribution in [2.75, 3.05) is 13.1 Å². The van der Waals surface area contributed by atoms with E-state index in [1.54, 1.807) is 0 Å². The summed E-state index contributed by atoms with van der Waals surface area (Å²) >= 11 is 0. The molecule has 78 valence electrons. The fourth-order valence-corrected chi connectivity index (χ4v) is 2.98. The van der Waals surface area contributed by atoms with E-state index in [9.17, 15) is 0 Å². The summed E-state index contributed by atoms with van der Waals surface area (Å²) in [5.41, 5.74) is 1.44. The lowest BCUT2D eigenvalue weighted by Gasteiger charge is -2.18. The average Bonchev–Trinajstić information content (AvgIpc) is 2.75. The van der Waals surface area contributed by atoms with Gasteiger partial charge in [0, 0.05) is 19.6 Å². The summed E-state index contributed by atoms with van der Waals surface area (Å²) in [7, 11) is 0. The van der Waals surface area contributed by atoms with Gasteiger partial charge in [0.2, 0.25) is 0 Å². The molecular formula is C14H17N. The SMILES string of the molecule is C=CC1C2CN(Cc3ccccc3)CC12. The summed E-state index contributed by atoms with van der Waals surface area (Å²) in [5.74, 6) is 2.68. The molecule has 1 nitrogen and oxygen atoms in total. The summed E-state index contributed by atoms with van der Waals surface area (Å²) in [6, 6.07) is 10.8. The van der Waals surface area contributed by atoms with Gasteiger partial charge in [-0.1, -0.05) is 36.4 Å². The molecule has 1 saturated carbocycles. The van der Waals surface area contributed by atoms with Crippen molar-refractivity contribution < 1.29 is 0 Å². The van der Waals surface area contributed by atoms with Crippen molar-refractivity contribution in [1.29, 1.82) is 0 Å². The third-order valence-corrected chi connectivity index (χ3v) is 3.86. The van der Waals surface area contributed by atoms with Gasteiger partial charge in [-0.05, 0) is 23.3 Å². The standard InChI is InChI=1S/C14H17N/c1-2-12-13-9-15(10-14(12)13)8-11-6-4-3-5-7-11/h2-7,12-14H,1,8-10H2. The van der Waals surface area contributed by atoms with E-state index in [0.29, 0.717) is 0 Å². The highest BCUT2D eigenvalue weighted by Crippen LogP contribution is 2.52. The molecule has 15 heavy (non-hydrogen) atoms. The molecule has 1 aliphatic heterocycles. The van der Waals surface area contributed by atoms with Crippen LogP contribution in [0, 0.1) is 17.8 Å². The zero-order chi connectivity index (χ0) is 10.3. The van der Waals surface area contributed by atoms with Gasteiger partial charge in [-0.2, -0.15) is 0 Å². The molecule has 1 aromatic carbocycles. The summed E-state index contributed by atoms with van der Waals surface area (Å²) < 4.78 is 0. The minimum absolute atomic E-state index is 0.831. The first kappa shape index (κ1) is 9.17. The minimum Gasteiger partial charge on any atom is -0.298 e. The second kappa shape index (κ2) is 3.49. The van der Waals surface area contributed by atoms with Crippen molar-refractivity contribution in [2.24, 2.45) is 17.8 Å². The first-order valence-electron chi connectivity index (χ1n) is 5.77. The van der Waals surface area contributed by atoms with Crippen molar-refractivity contribution in [3.05, 3.63) is 48.6 Å². The Hall–Kier alpha value is -1.08. The molecule has 2 aliphatic rings. The van der Waals surface area contributed by atoms with E-state index in [-0.39, 0.29) is 0 Å². The maximum absolute atomic E-state index is 3.90. The fraction of sp³-hybridized carbons (Fsp3) is 0.429. The van der Waals surface area contributed by atoms with Gasteiger partial charge in [0.05, 0.1) is 0 Å². The normalized spacial score (nSPS) is 33.7. The van der Waals surface area contributed by atoms with Gasteiger partial charge in [-0.15, -0.1) is 6.58 Å². The third-order valence-electron chi connectivity index (χ3n) is 3.86. The molecule has 0 amide bonds. The Bertz CT molecular complexity index is 345. The zero-order valence-corrected chi connectivity index (χ0v) is 8.97. The summed E-state index contributed by atoms with van der Waals surface area (Å²) in [5, 5.41) is 0. The second-order valence-electron chi connectivity index (χ2n) is 4.82. The minimum atomic E-state index is 0.831. The van der Waals surface area contributed by atoms with Crippen LogP contribution in [0.4, 0.5) is 0 Å². The highest BCUT2D eigenvalue weighted by atomic mass is 15.2. The molecule has 1 aromatic rings. The monoisotopic (exact) mass is 199 g/mol. The number of nitrogens with zero attached hydrogens (tertiary/aromatic N) is 1. The Balaban J connectivity index is 1.58. The number of hydrogen-bond acceptors (Lipinski definition) is 1. The molecule has 0 radical (unpaired) electrons. The van der Waals surface area contributed by atoms with Crippen LogP contribution < -0.4 is 0 Å². The largest absolute Gasteiger partial charge is 0.298 e. The van der Waals surface area contributed by atoms with Gasteiger partial charge in [0.25, 0.3) is 0 Å². The lowest BCUT2D eigenvalue weighted by atomic mass is 10.2. The number of piperidine rings is 1. The summed E-state index contributed by atoms with van der Waals surface area (Å²) in [6.45, 7) is 7.57. The maximum Gasteiger partial charge on any atom is 0.0233 e. The number of fused-ring (bicyclic) bond motifs is 1. The van der Waals surface area contributed by atoms with Crippen LogP contribution in [0.25, 0.3) is 0 Å². The van der Waals surface area contributed by atoms with Crippen LogP contribution in [0.1, 0.15) is 5.56 Å². The van der Waals surface area contributed by atoms with E-state index in [0.717, 1.165) is 24.3 Å². The van der Waals surface area contributed by atoms with Crippen LogP contribution in [-0.4, -0.2) is 18.0 Å². The predicted molar refractivity (Wildman–Crippen MR) is 62.4 cm³/mol. The Morgan fingerprint density at radius 3 is 2.47 bits per heavy atom. The molecule has 0 N–H and O–H groups in total. The van der Waals surface area contributed by atoms with Gasteiger partial charge < -0.3 is 0 Å². The molecule has 1 heteroatoms. The Morgan fingerprint density at radius 2 is 1.87 bits per heavy atom. The van der Waals surface area contributed by atoms with Crippen LogP contribution in [0.3, 0.4) is 0 Å². The Labute approximate surface area is 91.4 Å². The molecule has 2 atom stereocenters. The van der Waals surface area contributed by atoms with E-state index in [1.807, 2.05) is 0 Å². The molecule has 0 aromatic heterocycles. The Kier molecular flexibility index (Phi) is 2.14. The van der Waals surface area contributed by atoms with Crippen LogP contribution >= 0.6 is 0 Å². The molecule has 2 unspecified atom stereocenters. The smallest absolute Gasteiger partial charge is 0.0233 e.